The van der Waals surface area contributed by atoms with Gasteiger partial charge in [0.15, 0.2) is 11.5 Å². The van der Waals surface area contributed by atoms with Gasteiger partial charge in [-0.2, -0.15) is 0 Å². The first-order chi connectivity index (χ1) is 12.4. The summed E-state index contributed by atoms with van der Waals surface area (Å²) in [6.07, 6.45) is 1.75. The van der Waals surface area contributed by atoms with Crippen molar-refractivity contribution in [1.29, 1.82) is 0 Å². The molecule has 1 aliphatic rings. The number of rotatable bonds is 3. The SMILES string of the molecule is Cc1cc(-n2c(C)cc(/C=C3\N=C(c4ccc(C)s4)OC3=O)c2C)no1. The Kier molecular flexibility index (Phi) is 3.88. The van der Waals surface area contributed by atoms with Crippen LogP contribution in [0.5, 0.6) is 0 Å². The first kappa shape index (κ1) is 16.5. The zero-order valence-electron chi connectivity index (χ0n) is 14.9. The van der Waals surface area contributed by atoms with Gasteiger partial charge in [0.1, 0.15) is 5.76 Å². The van der Waals surface area contributed by atoms with Crippen molar-refractivity contribution in [3.63, 3.8) is 0 Å². The average molecular weight is 367 g/mol. The van der Waals surface area contributed by atoms with E-state index in [1.807, 2.05) is 56.5 Å². The van der Waals surface area contributed by atoms with Gasteiger partial charge in [0.25, 0.3) is 0 Å². The lowest BCUT2D eigenvalue weighted by molar-refractivity contribution is -0.129. The molecule has 7 heteroatoms. The Morgan fingerprint density at radius 1 is 1.15 bits per heavy atom. The molecule has 4 heterocycles. The smallest absolute Gasteiger partial charge is 0.363 e. The van der Waals surface area contributed by atoms with E-state index in [4.69, 9.17) is 9.26 Å². The number of hydrogen-bond acceptors (Lipinski definition) is 6. The topological polar surface area (TPSA) is 69.6 Å². The maximum Gasteiger partial charge on any atom is 0.363 e. The van der Waals surface area contributed by atoms with Crippen molar-refractivity contribution in [3.8, 4) is 5.82 Å². The quantitative estimate of drug-likeness (QED) is 0.516. The minimum atomic E-state index is -0.437. The summed E-state index contributed by atoms with van der Waals surface area (Å²) in [6, 6.07) is 7.75. The van der Waals surface area contributed by atoms with Crippen LogP contribution < -0.4 is 0 Å². The molecular weight excluding hydrogens is 350 g/mol. The number of aromatic nitrogens is 2. The van der Waals surface area contributed by atoms with Crippen LogP contribution >= 0.6 is 11.3 Å². The molecule has 132 valence electrons. The van der Waals surface area contributed by atoms with Crippen LogP contribution in [0.25, 0.3) is 11.9 Å². The van der Waals surface area contributed by atoms with Crippen molar-refractivity contribution in [2.24, 2.45) is 4.99 Å². The molecule has 1 aliphatic heterocycles. The van der Waals surface area contributed by atoms with Crippen LogP contribution in [-0.4, -0.2) is 21.6 Å². The van der Waals surface area contributed by atoms with E-state index in [9.17, 15) is 4.79 Å². The number of aliphatic imine (C=N–C) groups is 1. The molecule has 0 saturated carbocycles. The summed E-state index contributed by atoms with van der Waals surface area (Å²) in [4.78, 5) is 18.6. The molecule has 0 aromatic carbocycles. The predicted molar refractivity (Wildman–Crippen MR) is 99.7 cm³/mol. The van der Waals surface area contributed by atoms with Crippen LogP contribution in [0.2, 0.25) is 0 Å². The zero-order chi connectivity index (χ0) is 18.4. The van der Waals surface area contributed by atoms with E-state index in [0.29, 0.717) is 11.6 Å². The third-order valence-corrected chi connectivity index (χ3v) is 5.17. The molecule has 0 N–H and O–H groups in total. The van der Waals surface area contributed by atoms with Gasteiger partial charge in [0, 0.05) is 22.3 Å². The minimum Gasteiger partial charge on any atom is -0.401 e. The zero-order valence-corrected chi connectivity index (χ0v) is 15.7. The van der Waals surface area contributed by atoms with Crippen LogP contribution in [0, 0.1) is 27.7 Å². The molecule has 0 spiro atoms. The second-order valence-corrected chi connectivity index (χ2v) is 7.49. The molecule has 3 aromatic heterocycles. The van der Waals surface area contributed by atoms with E-state index >= 15 is 0 Å². The van der Waals surface area contributed by atoms with Crippen molar-refractivity contribution in [3.05, 3.63) is 62.4 Å². The third-order valence-electron chi connectivity index (χ3n) is 4.18. The normalized spacial score (nSPS) is 15.6. The summed E-state index contributed by atoms with van der Waals surface area (Å²) in [5.74, 6) is 1.38. The van der Waals surface area contributed by atoms with Gasteiger partial charge >= 0.3 is 5.97 Å². The van der Waals surface area contributed by atoms with E-state index in [-0.39, 0.29) is 0 Å². The molecule has 0 bridgehead atoms. The van der Waals surface area contributed by atoms with Crippen molar-refractivity contribution < 1.29 is 14.1 Å². The summed E-state index contributed by atoms with van der Waals surface area (Å²) >= 11 is 1.55. The Bertz CT molecular complexity index is 1080. The number of carbonyl (C=O) groups excluding carboxylic acids is 1. The van der Waals surface area contributed by atoms with Crippen molar-refractivity contribution in [2.75, 3.05) is 0 Å². The summed E-state index contributed by atoms with van der Waals surface area (Å²) < 4.78 is 12.5. The third kappa shape index (κ3) is 2.80. The predicted octanol–water partition coefficient (Wildman–Crippen LogP) is 4.10. The number of cyclic esters (lactones) is 1. The number of esters is 1. The summed E-state index contributed by atoms with van der Waals surface area (Å²) in [5, 5.41) is 4.07. The first-order valence-electron chi connectivity index (χ1n) is 8.14. The highest BCUT2D eigenvalue weighted by Gasteiger charge is 2.25. The lowest BCUT2D eigenvalue weighted by Crippen LogP contribution is -2.03. The molecule has 3 aromatic rings. The lowest BCUT2D eigenvalue weighted by atomic mass is 10.2. The minimum absolute atomic E-state index is 0.294. The average Bonchev–Trinajstić information content (AvgIpc) is 3.32. The van der Waals surface area contributed by atoms with E-state index < -0.39 is 5.97 Å². The van der Waals surface area contributed by atoms with E-state index in [1.165, 1.54) is 0 Å². The Morgan fingerprint density at radius 2 is 1.96 bits per heavy atom. The molecule has 4 rings (SSSR count). The van der Waals surface area contributed by atoms with Crippen LogP contribution in [0.3, 0.4) is 0 Å². The number of aryl methyl sites for hydroxylation is 3. The Morgan fingerprint density at radius 3 is 2.62 bits per heavy atom. The van der Waals surface area contributed by atoms with Crippen molar-refractivity contribution >= 4 is 29.3 Å². The largest absolute Gasteiger partial charge is 0.401 e. The summed E-state index contributed by atoms with van der Waals surface area (Å²) in [6.45, 7) is 7.80. The van der Waals surface area contributed by atoms with Crippen LogP contribution in [-0.2, 0) is 9.53 Å². The molecule has 0 saturated heterocycles. The highest BCUT2D eigenvalue weighted by molar-refractivity contribution is 7.14. The molecule has 6 nitrogen and oxygen atoms in total. The van der Waals surface area contributed by atoms with Crippen molar-refractivity contribution in [2.45, 2.75) is 27.7 Å². The second kappa shape index (κ2) is 6.10. The fourth-order valence-corrected chi connectivity index (χ4v) is 3.75. The molecule has 0 radical (unpaired) electrons. The van der Waals surface area contributed by atoms with Gasteiger partial charge < -0.3 is 9.26 Å². The second-order valence-electron chi connectivity index (χ2n) is 6.20. The highest BCUT2D eigenvalue weighted by atomic mass is 32.1. The lowest BCUT2D eigenvalue weighted by Gasteiger charge is -2.03. The number of ether oxygens (including phenoxy) is 1. The number of hydrogen-bond donors (Lipinski definition) is 0. The molecule has 0 fully saturated rings. The fourth-order valence-electron chi connectivity index (χ4n) is 2.96. The molecule has 0 unspecified atom stereocenters. The highest BCUT2D eigenvalue weighted by Crippen LogP contribution is 2.26. The standard InChI is InChI=1S/C19H17N3O3S/c1-10-7-14(13(4)22(10)17-8-11(2)25-21-17)9-15-19(23)24-18(20-15)16-6-5-12(3)26-16/h5-9H,1-4H3/b15-9-. The Balaban J connectivity index is 1.72. The summed E-state index contributed by atoms with van der Waals surface area (Å²) in [5.41, 5.74) is 3.13. The molecular formula is C19H17N3O3S. The monoisotopic (exact) mass is 367 g/mol. The van der Waals surface area contributed by atoms with Gasteiger partial charge in [0.05, 0.1) is 4.88 Å². The van der Waals surface area contributed by atoms with Crippen LogP contribution in [0.4, 0.5) is 0 Å². The van der Waals surface area contributed by atoms with Gasteiger partial charge in [-0.15, -0.1) is 11.3 Å². The number of nitrogens with zero attached hydrogens (tertiary/aromatic N) is 3. The van der Waals surface area contributed by atoms with Gasteiger partial charge in [-0.05, 0) is 57.5 Å². The van der Waals surface area contributed by atoms with Gasteiger partial charge in [-0.25, -0.2) is 9.79 Å². The Labute approximate surface area is 154 Å². The van der Waals surface area contributed by atoms with Gasteiger partial charge in [-0.1, -0.05) is 5.16 Å². The molecule has 0 atom stereocenters. The first-order valence-corrected chi connectivity index (χ1v) is 8.96. The van der Waals surface area contributed by atoms with Gasteiger partial charge in [-0.3, -0.25) is 4.57 Å². The van der Waals surface area contributed by atoms with Crippen LogP contribution in [0.15, 0.2) is 39.5 Å². The number of carbonyl (C=O) groups is 1. The fraction of sp³-hybridized carbons (Fsp3) is 0.211. The maximum atomic E-state index is 12.2. The molecule has 0 aliphatic carbocycles. The van der Waals surface area contributed by atoms with Crippen LogP contribution in [0.1, 0.15) is 32.5 Å². The van der Waals surface area contributed by atoms with E-state index in [2.05, 4.69) is 10.1 Å². The number of thiophene rings is 1. The summed E-state index contributed by atoms with van der Waals surface area (Å²) in [7, 11) is 0. The maximum absolute atomic E-state index is 12.2. The molecule has 0 amide bonds. The van der Waals surface area contributed by atoms with E-state index in [1.54, 1.807) is 17.4 Å². The Hall–Kier alpha value is -2.93. The molecule has 26 heavy (non-hydrogen) atoms. The van der Waals surface area contributed by atoms with Crippen molar-refractivity contribution in [1.82, 2.24) is 9.72 Å². The van der Waals surface area contributed by atoms with E-state index in [0.717, 1.165) is 38.3 Å². The van der Waals surface area contributed by atoms with Gasteiger partial charge in [0.2, 0.25) is 5.90 Å².